The van der Waals surface area contributed by atoms with Crippen molar-refractivity contribution in [2.75, 3.05) is 12.9 Å². The molecule has 1 amide bonds. The van der Waals surface area contributed by atoms with Gasteiger partial charge in [-0.05, 0) is 90.8 Å². The number of hydrogen-bond donors (Lipinski definition) is 3. The number of ether oxygens (including phenoxy) is 1. The number of aliphatic hydroxyl groups is 1. The summed E-state index contributed by atoms with van der Waals surface area (Å²) < 4.78 is 91.4. The summed E-state index contributed by atoms with van der Waals surface area (Å²) >= 11 is 0. The molecule has 1 aromatic carbocycles. The fourth-order valence-electron chi connectivity index (χ4n) is 7.05. The fourth-order valence-corrected chi connectivity index (χ4v) is 7.38. The van der Waals surface area contributed by atoms with Crippen molar-refractivity contribution in [3.05, 3.63) is 227 Å². The summed E-state index contributed by atoms with van der Waals surface area (Å²) in [5.41, 5.74) is 17.4. The van der Waals surface area contributed by atoms with Gasteiger partial charge in [0.2, 0.25) is 40.5 Å². The molecule has 0 bridgehead atoms. The Balaban J connectivity index is 0.000000141. The molecule has 0 spiro atoms. The molecule has 0 aliphatic carbocycles. The Morgan fingerprint density at radius 1 is 0.544 bits per heavy atom. The predicted octanol–water partition coefficient (Wildman–Crippen LogP) is 11.9. The number of nitrogens with one attached hydrogen (secondary N) is 1. The van der Waals surface area contributed by atoms with Gasteiger partial charge in [-0.2, -0.15) is 8.42 Å². The second kappa shape index (κ2) is 33.2. The van der Waals surface area contributed by atoms with Crippen LogP contribution in [-0.4, -0.2) is 69.2 Å². The minimum atomic E-state index is -3.47. The highest BCUT2D eigenvalue weighted by Crippen LogP contribution is 2.25. The van der Waals surface area contributed by atoms with Crippen molar-refractivity contribution in [1.82, 2.24) is 36.3 Å². The number of furan rings is 6. The van der Waals surface area contributed by atoms with Gasteiger partial charge in [0.25, 0.3) is 10.1 Å². The van der Waals surface area contributed by atoms with Crippen LogP contribution in [0.2, 0.25) is 0 Å². The molecular weight excluding hydrogens is 1200 g/mol. The Kier molecular flexibility index (Phi) is 23.7. The van der Waals surface area contributed by atoms with E-state index in [0.717, 1.165) is 17.5 Å². The van der Waals surface area contributed by atoms with Gasteiger partial charge in [0.1, 0.15) is 23.7 Å². The van der Waals surface area contributed by atoms with Crippen LogP contribution >= 0.6 is 0 Å². The Bertz CT molecular complexity index is 4200. The predicted molar refractivity (Wildman–Crippen MR) is 309 cm³/mol. The van der Waals surface area contributed by atoms with Crippen LogP contribution in [0.5, 0.6) is 0 Å². The standard InChI is InChI=1S/C16H14N2O3.C10H9NO4.C9H9NO5S.C8H6N4O2.C8H8N2O2.C8H7NO3/c19-16(9-12-5-2-1-3-6-12)17-11-13-10-15(21-18-13)14-7-4-8-20-14;1-2-13-10(12)7-6-9(15-11-7)8-4-3-5-14-8;1-16(11,12)14-6-7-5-9(15-10-7)8-3-2-4-13-8;9-12-10-5-6-4-8(14-11-6)7-2-1-3-13-7;9-5-6-4-8(12-10-6)7-2-1-3-11-7;10-5-6-4-8(12-9-6)7-2-1-3-11-7/h1-8,10H,9,11H2,(H,17,19);3-6H,2H2,1H3;2-5H,6H2,1H3;1-4H,5H2;1-4H,5,9H2;1-4,10H,5H2. The number of rotatable bonds is 19. The van der Waals surface area contributed by atoms with Crippen LogP contribution in [0.1, 0.15) is 51.4 Å². The van der Waals surface area contributed by atoms with Gasteiger partial charge >= 0.3 is 5.97 Å². The number of nitrogens with zero attached hydrogens (tertiary/aromatic N) is 9. The van der Waals surface area contributed by atoms with Crippen LogP contribution in [0.4, 0.5) is 0 Å². The zero-order valence-corrected chi connectivity index (χ0v) is 48.3. The second-order valence-electron chi connectivity index (χ2n) is 17.7. The number of amides is 1. The number of carbonyl (C=O) groups is 2. The van der Waals surface area contributed by atoms with Gasteiger partial charge in [0.15, 0.2) is 40.3 Å². The minimum absolute atomic E-state index is 0.0521. The van der Waals surface area contributed by atoms with E-state index in [2.05, 4.69) is 50.5 Å². The number of aliphatic hydroxyl groups excluding tert-OH is 1. The molecule has 90 heavy (non-hydrogen) atoms. The monoisotopic (exact) mass is 1250 g/mol. The van der Waals surface area contributed by atoms with Crippen LogP contribution in [0, 0.1) is 0 Å². The highest BCUT2D eigenvalue weighted by atomic mass is 32.2. The molecule has 0 saturated heterocycles. The number of hydrogen-bond acceptors (Lipinski definition) is 27. The Labute approximate surface area is 508 Å². The maximum atomic E-state index is 11.8. The first-order valence-corrected chi connectivity index (χ1v) is 28.3. The molecule has 0 aliphatic heterocycles. The smallest absolute Gasteiger partial charge is 0.360 e. The lowest BCUT2D eigenvalue weighted by molar-refractivity contribution is -0.120. The van der Waals surface area contributed by atoms with Gasteiger partial charge in [-0.3, -0.25) is 8.98 Å². The average molecular weight is 1250 g/mol. The fraction of sp³-hybridized carbons (Fsp3) is 0.153. The molecule has 0 saturated carbocycles. The first-order chi connectivity index (χ1) is 43.9. The summed E-state index contributed by atoms with van der Waals surface area (Å²) in [5, 5.41) is 37.1. The van der Waals surface area contributed by atoms with E-state index in [0.29, 0.717) is 118 Å². The van der Waals surface area contributed by atoms with E-state index in [1.807, 2.05) is 30.3 Å². The van der Waals surface area contributed by atoms with Crippen LogP contribution in [0.3, 0.4) is 0 Å². The molecule has 13 aromatic rings. The number of benzene rings is 1. The number of aromatic nitrogens is 6. The summed E-state index contributed by atoms with van der Waals surface area (Å²) in [6, 6.07) is 40.5. The molecule has 4 N–H and O–H groups in total. The van der Waals surface area contributed by atoms with E-state index in [1.165, 1.54) is 18.6 Å². The molecule has 30 nitrogen and oxygen atoms in total. The highest BCUT2D eigenvalue weighted by Gasteiger charge is 2.17. The van der Waals surface area contributed by atoms with Crippen LogP contribution in [-0.2, 0) is 63.1 Å². The normalized spacial score (nSPS) is 10.5. The van der Waals surface area contributed by atoms with E-state index < -0.39 is 16.1 Å². The number of esters is 1. The zero-order chi connectivity index (χ0) is 63.3. The maximum Gasteiger partial charge on any atom is 0.360 e. The van der Waals surface area contributed by atoms with Crippen molar-refractivity contribution in [2.45, 2.75) is 46.2 Å². The van der Waals surface area contributed by atoms with Crippen molar-refractivity contribution in [3.8, 4) is 69.1 Å². The highest BCUT2D eigenvalue weighted by molar-refractivity contribution is 7.85. The molecule has 0 aliphatic rings. The summed E-state index contributed by atoms with van der Waals surface area (Å²) in [4.78, 5) is 25.7. The second-order valence-corrected chi connectivity index (χ2v) is 19.4. The molecule has 0 unspecified atom stereocenters. The summed E-state index contributed by atoms with van der Waals surface area (Å²) in [5.74, 6) is 6.05. The number of carbonyl (C=O) groups excluding carboxylic acids is 2. The van der Waals surface area contributed by atoms with E-state index in [-0.39, 0.29) is 31.4 Å². The topological polar surface area (TPSA) is 429 Å². The van der Waals surface area contributed by atoms with Crippen molar-refractivity contribution in [1.29, 1.82) is 0 Å². The lowest BCUT2D eigenvalue weighted by Gasteiger charge is -2.02. The molecule has 12 heterocycles. The summed E-state index contributed by atoms with van der Waals surface area (Å²) in [6.07, 6.45) is 10.6. The Morgan fingerprint density at radius 2 is 0.944 bits per heavy atom. The van der Waals surface area contributed by atoms with E-state index >= 15 is 0 Å². The number of nitrogens with two attached hydrogens (primary N) is 1. The SMILES string of the molecule is CCOC(=O)c1cc(-c2ccco2)on1.CS(=O)(=O)OCc1cc(-c2ccco2)on1.NCc1cc(-c2ccco2)on1.O=C(Cc1ccccc1)NCc1cc(-c2ccco2)on1.OCc1cc(-c2ccco2)on1.[N-]=[N+]=NCc1cc(-c2ccco2)on1. The van der Waals surface area contributed by atoms with Crippen LogP contribution < -0.4 is 11.1 Å². The largest absolute Gasteiger partial charge is 0.461 e. The molecular formula is C59H53N11O19S. The Morgan fingerprint density at radius 3 is 1.36 bits per heavy atom. The lowest BCUT2D eigenvalue weighted by atomic mass is 10.1. The molecule has 31 heteroatoms. The number of azide groups is 1. The third-order valence-corrected chi connectivity index (χ3v) is 11.7. The van der Waals surface area contributed by atoms with E-state index in [9.17, 15) is 18.0 Å². The Hall–Kier alpha value is -11.8. The van der Waals surface area contributed by atoms with Crippen LogP contribution in [0.15, 0.2) is 236 Å². The average Bonchev–Trinajstić information content (AvgIpc) is 3.93. The maximum absolute atomic E-state index is 11.8. The van der Waals surface area contributed by atoms with E-state index in [4.69, 9.17) is 74.7 Å². The van der Waals surface area contributed by atoms with Gasteiger partial charge in [0, 0.05) is 47.9 Å². The summed E-state index contributed by atoms with van der Waals surface area (Å²) in [6.45, 7) is 2.65. The molecule has 0 radical (unpaired) electrons. The molecule has 464 valence electrons. The lowest BCUT2D eigenvalue weighted by Crippen LogP contribution is -2.24. The minimum Gasteiger partial charge on any atom is -0.461 e. The van der Waals surface area contributed by atoms with Crippen molar-refractivity contribution in [2.24, 2.45) is 10.8 Å². The van der Waals surface area contributed by atoms with Gasteiger partial charge < -0.3 is 74.5 Å². The van der Waals surface area contributed by atoms with Crippen molar-refractivity contribution >= 4 is 22.0 Å². The first kappa shape index (κ1) is 64.2. The zero-order valence-electron chi connectivity index (χ0n) is 47.5. The van der Waals surface area contributed by atoms with E-state index in [1.54, 1.807) is 135 Å². The van der Waals surface area contributed by atoms with Crippen molar-refractivity contribution < 1.29 is 85.7 Å². The third-order valence-electron chi connectivity index (χ3n) is 11.1. The van der Waals surface area contributed by atoms with Gasteiger partial charge in [-0.1, -0.05) is 66.4 Å². The van der Waals surface area contributed by atoms with Gasteiger partial charge in [0.05, 0.1) is 87.9 Å². The van der Waals surface area contributed by atoms with Gasteiger partial charge in [-0.25, -0.2) is 4.79 Å². The molecule has 13 rings (SSSR count). The van der Waals surface area contributed by atoms with Gasteiger partial charge in [-0.15, -0.1) is 0 Å². The first-order valence-electron chi connectivity index (χ1n) is 26.5. The molecule has 0 fully saturated rings. The quantitative estimate of drug-likeness (QED) is 0.0222. The van der Waals surface area contributed by atoms with Crippen molar-refractivity contribution in [3.63, 3.8) is 0 Å². The van der Waals surface area contributed by atoms with Crippen LogP contribution in [0.25, 0.3) is 79.6 Å². The summed E-state index contributed by atoms with van der Waals surface area (Å²) in [7, 11) is -3.47. The molecule has 0 atom stereocenters. The third kappa shape index (κ3) is 20.2. The molecule has 12 aromatic heterocycles.